The smallest absolute Gasteiger partial charge is 0.00523 e. The van der Waals surface area contributed by atoms with Crippen molar-refractivity contribution in [3.8, 4) is 0 Å². The van der Waals surface area contributed by atoms with Crippen LogP contribution in [-0.4, -0.2) is 0 Å². The predicted molar refractivity (Wildman–Crippen MR) is 121 cm³/mol. The Labute approximate surface area is 164 Å². The lowest BCUT2D eigenvalue weighted by atomic mass is 9.63. The fourth-order valence-corrected chi connectivity index (χ4v) is 4.50. The van der Waals surface area contributed by atoms with Crippen LogP contribution < -0.4 is 0 Å². The van der Waals surface area contributed by atoms with E-state index in [-0.39, 0.29) is 20.3 Å². The molecule has 0 heteroatoms. The van der Waals surface area contributed by atoms with Gasteiger partial charge in [0.15, 0.2) is 0 Å². The summed E-state index contributed by atoms with van der Waals surface area (Å²) in [5, 5.41) is 0. The van der Waals surface area contributed by atoms with Gasteiger partial charge in [-0.05, 0) is 60.2 Å². The Morgan fingerprint density at radius 2 is 1.54 bits per heavy atom. The van der Waals surface area contributed by atoms with E-state index < -0.39 is 0 Å². The fourth-order valence-electron chi connectivity index (χ4n) is 4.50. The minimum Gasteiger partial charge on any atom is -0.103 e. The van der Waals surface area contributed by atoms with Gasteiger partial charge in [-0.2, -0.15) is 0 Å². The van der Waals surface area contributed by atoms with Gasteiger partial charge in [0.2, 0.25) is 0 Å². The van der Waals surface area contributed by atoms with Crippen molar-refractivity contribution in [3.05, 3.63) is 61.8 Å². The van der Waals surface area contributed by atoms with Crippen molar-refractivity contribution in [1.82, 2.24) is 0 Å². The molecule has 0 heterocycles. The summed E-state index contributed by atoms with van der Waals surface area (Å²) in [7, 11) is 0. The maximum atomic E-state index is 3.97. The quantitative estimate of drug-likeness (QED) is 0.445. The summed E-state index contributed by atoms with van der Waals surface area (Å²) in [6, 6.07) is 0. The average molecular weight is 357 g/mol. The summed E-state index contributed by atoms with van der Waals surface area (Å²) in [6.45, 7) is 17.2. The molecule has 26 heavy (non-hydrogen) atoms. The van der Waals surface area contributed by atoms with Gasteiger partial charge in [0, 0.05) is 0 Å². The second kappa shape index (κ2) is 10.1. The average Bonchev–Trinajstić information content (AvgIpc) is 2.96. The highest BCUT2D eigenvalue weighted by Gasteiger charge is 2.39. The van der Waals surface area contributed by atoms with Crippen LogP contribution in [0.4, 0.5) is 0 Å². The molecular weight excluding hydrogens is 312 g/mol. The van der Waals surface area contributed by atoms with Crippen LogP contribution in [0.15, 0.2) is 61.8 Å². The molecule has 0 radical (unpaired) electrons. The highest BCUT2D eigenvalue weighted by molar-refractivity contribution is 5.19. The minimum atomic E-state index is 0. The maximum Gasteiger partial charge on any atom is -0.00523 e. The van der Waals surface area contributed by atoms with Gasteiger partial charge < -0.3 is 0 Å². The van der Waals surface area contributed by atoms with Crippen LogP contribution in [0.3, 0.4) is 0 Å². The Balaban J connectivity index is 0.000000450. The summed E-state index contributed by atoms with van der Waals surface area (Å²) in [6.07, 6.45) is 23.0. The van der Waals surface area contributed by atoms with Crippen molar-refractivity contribution in [3.63, 3.8) is 0 Å². The van der Waals surface area contributed by atoms with Crippen LogP contribution in [0.25, 0.3) is 0 Å². The molecule has 0 unspecified atom stereocenters. The third-order valence-electron chi connectivity index (χ3n) is 7.17. The van der Waals surface area contributed by atoms with Gasteiger partial charge in [-0.15, -0.1) is 13.2 Å². The molecule has 0 nitrogen and oxygen atoms in total. The van der Waals surface area contributed by atoms with E-state index >= 15 is 0 Å². The first-order valence-electron chi connectivity index (χ1n) is 9.64. The van der Waals surface area contributed by atoms with E-state index in [2.05, 4.69) is 83.4 Å². The van der Waals surface area contributed by atoms with Gasteiger partial charge in [0.05, 0.1) is 0 Å². The molecule has 148 valence electrons. The molecule has 0 aromatic rings. The summed E-state index contributed by atoms with van der Waals surface area (Å²) < 4.78 is 0. The molecule has 0 spiro atoms. The van der Waals surface area contributed by atoms with Crippen molar-refractivity contribution in [2.24, 2.45) is 34.5 Å². The zero-order chi connectivity index (χ0) is 17.8. The highest BCUT2D eigenvalue weighted by Crippen LogP contribution is 2.48. The molecule has 0 N–H and O–H groups in total. The van der Waals surface area contributed by atoms with E-state index in [0.29, 0.717) is 17.3 Å². The normalized spacial score (nSPS) is 39.5. The molecule has 0 saturated heterocycles. The molecule has 0 aliphatic heterocycles. The van der Waals surface area contributed by atoms with E-state index in [0.717, 1.165) is 18.3 Å². The fraction of sp³-hybridized carbons (Fsp3) is 0.615. The van der Waals surface area contributed by atoms with Crippen LogP contribution >= 0.6 is 0 Å². The third kappa shape index (κ3) is 4.70. The van der Waals surface area contributed by atoms with Gasteiger partial charge in [-0.3, -0.25) is 0 Å². The standard InChI is InChI=1S/C13H20.C11H16.2CH4/c1-5-8-12-10-7-9-11(3)13(12,4)6-2;1-9-5-3-6-10-7-4-8-11(9,10)2;;/h5-7,10-12H,1-2,8-9H2,3-4H3;3-4,6,8-10H,5,7H2,1-2H3;2*1H4/t11-,12-,13+;9-,10+,11+;;/m11../s1. The van der Waals surface area contributed by atoms with Gasteiger partial charge in [-0.25, -0.2) is 0 Å². The Bertz CT molecular complexity index is 534. The van der Waals surface area contributed by atoms with Crippen molar-refractivity contribution in [2.45, 2.75) is 68.2 Å². The molecule has 0 saturated carbocycles. The van der Waals surface area contributed by atoms with Gasteiger partial charge in [0.1, 0.15) is 0 Å². The second-order valence-corrected chi connectivity index (χ2v) is 8.44. The lowest BCUT2D eigenvalue weighted by Gasteiger charge is -2.41. The van der Waals surface area contributed by atoms with Crippen LogP contribution in [0.5, 0.6) is 0 Å². The first-order valence-corrected chi connectivity index (χ1v) is 9.64. The molecule has 0 fully saturated rings. The third-order valence-corrected chi connectivity index (χ3v) is 7.17. The summed E-state index contributed by atoms with van der Waals surface area (Å²) in [4.78, 5) is 0. The molecule has 3 aliphatic carbocycles. The van der Waals surface area contributed by atoms with Crippen LogP contribution in [0, 0.1) is 34.5 Å². The number of rotatable bonds is 3. The molecule has 3 aliphatic rings. The summed E-state index contributed by atoms with van der Waals surface area (Å²) >= 11 is 0. The maximum absolute atomic E-state index is 3.97. The van der Waals surface area contributed by atoms with Crippen molar-refractivity contribution in [1.29, 1.82) is 0 Å². The largest absolute Gasteiger partial charge is 0.103 e. The molecule has 0 aromatic carbocycles. The minimum absolute atomic E-state index is 0. The molecule has 6 atom stereocenters. The summed E-state index contributed by atoms with van der Waals surface area (Å²) in [5.41, 5.74) is 0.734. The molecular formula is C26H44. The topological polar surface area (TPSA) is 0 Å². The van der Waals surface area contributed by atoms with E-state index in [9.17, 15) is 0 Å². The Morgan fingerprint density at radius 1 is 0.923 bits per heavy atom. The van der Waals surface area contributed by atoms with Crippen LogP contribution in [-0.2, 0) is 0 Å². The monoisotopic (exact) mass is 356 g/mol. The van der Waals surface area contributed by atoms with Crippen molar-refractivity contribution in [2.75, 3.05) is 0 Å². The zero-order valence-electron chi connectivity index (χ0n) is 16.2. The summed E-state index contributed by atoms with van der Waals surface area (Å²) in [5.74, 6) is 2.91. The first kappa shape index (κ1) is 24.7. The molecule has 3 rings (SSSR count). The van der Waals surface area contributed by atoms with Crippen LogP contribution in [0.2, 0.25) is 0 Å². The van der Waals surface area contributed by atoms with E-state index in [1.54, 1.807) is 0 Å². The highest BCUT2D eigenvalue weighted by atomic mass is 14.4. The molecule has 0 bridgehead atoms. The Kier molecular flexibility index (Phi) is 9.64. The zero-order valence-corrected chi connectivity index (χ0v) is 16.2. The Hall–Kier alpha value is -1.30. The van der Waals surface area contributed by atoms with Gasteiger partial charge in [-0.1, -0.05) is 91.2 Å². The van der Waals surface area contributed by atoms with E-state index in [1.807, 2.05) is 6.08 Å². The van der Waals surface area contributed by atoms with Crippen molar-refractivity contribution < 1.29 is 0 Å². The van der Waals surface area contributed by atoms with E-state index in [4.69, 9.17) is 0 Å². The van der Waals surface area contributed by atoms with Gasteiger partial charge >= 0.3 is 0 Å². The molecule has 0 aromatic heterocycles. The lowest BCUT2D eigenvalue weighted by Crippen LogP contribution is -2.33. The van der Waals surface area contributed by atoms with Crippen molar-refractivity contribution >= 4 is 0 Å². The Morgan fingerprint density at radius 3 is 2.12 bits per heavy atom. The van der Waals surface area contributed by atoms with Gasteiger partial charge in [0.25, 0.3) is 0 Å². The second-order valence-electron chi connectivity index (χ2n) is 8.44. The number of fused-ring (bicyclic) bond motifs is 1. The predicted octanol–water partition coefficient (Wildman–Crippen LogP) is 8.40. The number of allylic oxidation sites excluding steroid dienone is 8. The first-order chi connectivity index (χ1) is 11.4. The number of hydrogen-bond acceptors (Lipinski definition) is 0. The molecule has 0 amide bonds. The number of hydrogen-bond donors (Lipinski definition) is 0. The SMILES string of the molecule is C.C.C=CC[C@@H]1C=CC[C@@H](C)[C@]1(C)C=C.C[C@@H]1CC=C[C@H]2CC=C[C@@]12C. The van der Waals surface area contributed by atoms with Crippen LogP contribution in [0.1, 0.15) is 68.2 Å². The lowest BCUT2D eigenvalue weighted by molar-refractivity contribution is 0.189. The van der Waals surface area contributed by atoms with E-state index in [1.165, 1.54) is 19.3 Å².